The van der Waals surface area contributed by atoms with Gasteiger partial charge in [-0.1, -0.05) is 30.3 Å². The second kappa shape index (κ2) is 5.94. The lowest BCUT2D eigenvalue weighted by Crippen LogP contribution is -2.06. The fourth-order valence-corrected chi connectivity index (χ4v) is 2.96. The second-order valence-electron chi connectivity index (χ2n) is 5.94. The van der Waals surface area contributed by atoms with E-state index < -0.39 is 30.2 Å². The van der Waals surface area contributed by atoms with Gasteiger partial charge in [0.25, 0.3) is 0 Å². The molecule has 2 aromatic rings. The van der Waals surface area contributed by atoms with E-state index in [0.717, 1.165) is 17.7 Å². The van der Waals surface area contributed by atoms with Gasteiger partial charge in [-0.25, -0.2) is 0 Å². The molecule has 3 nitrogen and oxygen atoms in total. The normalized spacial score (nSPS) is 20.0. The fraction of sp³-hybridized carbons (Fsp3) is 0.278. The standard InChI is InChI=1S/C18H15F3O3/c19-18(20,21)13-4-5-14(12(7-13)9-22)10-2-1-3-11(6-10)15-8-16(15)17(23)24/h1-7,15-16,22H,8-9H2,(H,23,24)/t15-,16+/m0/s1. The molecule has 0 saturated heterocycles. The maximum Gasteiger partial charge on any atom is 0.416 e. The number of carboxylic acid groups (broad SMARTS) is 1. The molecule has 1 aliphatic rings. The Morgan fingerprint density at radius 1 is 1.17 bits per heavy atom. The summed E-state index contributed by atoms with van der Waals surface area (Å²) in [5.41, 5.74) is 1.41. The minimum Gasteiger partial charge on any atom is -0.481 e. The van der Waals surface area contributed by atoms with Gasteiger partial charge in [0, 0.05) is 0 Å². The van der Waals surface area contributed by atoms with Crippen LogP contribution in [0.25, 0.3) is 11.1 Å². The van der Waals surface area contributed by atoms with Gasteiger partial charge in [0.2, 0.25) is 0 Å². The highest BCUT2D eigenvalue weighted by Crippen LogP contribution is 2.48. The van der Waals surface area contributed by atoms with Gasteiger partial charge in [-0.15, -0.1) is 0 Å². The summed E-state index contributed by atoms with van der Waals surface area (Å²) in [5.74, 6) is -1.30. The lowest BCUT2D eigenvalue weighted by molar-refractivity contribution is -0.139. The van der Waals surface area contributed by atoms with Gasteiger partial charge in [0.15, 0.2) is 0 Å². The van der Waals surface area contributed by atoms with Crippen LogP contribution in [-0.4, -0.2) is 16.2 Å². The highest BCUT2D eigenvalue weighted by molar-refractivity contribution is 5.76. The van der Waals surface area contributed by atoms with Crippen LogP contribution in [0.1, 0.15) is 29.0 Å². The Labute approximate surface area is 136 Å². The molecular weight excluding hydrogens is 321 g/mol. The van der Waals surface area contributed by atoms with Gasteiger partial charge in [-0.2, -0.15) is 13.2 Å². The Morgan fingerprint density at radius 3 is 2.50 bits per heavy atom. The number of alkyl halides is 3. The summed E-state index contributed by atoms with van der Waals surface area (Å²) in [6, 6.07) is 10.4. The molecular formula is C18H15F3O3. The van der Waals surface area contributed by atoms with E-state index in [9.17, 15) is 23.1 Å². The monoisotopic (exact) mass is 336 g/mol. The van der Waals surface area contributed by atoms with E-state index in [1.165, 1.54) is 6.07 Å². The minimum atomic E-state index is -4.47. The topological polar surface area (TPSA) is 57.5 Å². The molecule has 1 saturated carbocycles. The molecule has 0 bridgehead atoms. The zero-order valence-electron chi connectivity index (χ0n) is 12.5. The average molecular weight is 336 g/mol. The third kappa shape index (κ3) is 3.14. The van der Waals surface area contributed by atoms with Crippen molar-refractivity contribution in [3.05, 3.63) is 59.2 Å². The summed E-state index contributed by atoms with van der Waals surface area (Å²) in [5, 5.41) is 18.5. The summed E-state index contributed by atoms with van der Waals surface area (Å²) < 4.78 is 38.4. The van der Waals surface area contributed by atoms with Crippen LogP contribution < -0.4 is 0 Å². The molecule has 6 heteroatoms. The van der Waals surface area contributed by atoms with Gasteiger partial charge in [0.05, 0.1) is 18.1 Å². The zero-order valence-corrected chi connectivity index (χ0v) is 12.5. The van der Waals surface area contributed by atoms with Crippen LogP contribution in [0.2, 0.25) is 0 Å². The number of carbonyl (C=O) groups is 1. The third-order valence-electron chi connectivity index (χ3n) is 4.34. The molecule has 0 spiro atoms. The van der Waals surface area contributed by atoms with Crippen LogP contribution in [0, 0.1) is 5.92 Å². The zero-order chi connectivity index (χ0) is 17.5. The minimum absolute atomic E-state index is 0.0607. The first-order valence-corrected chi connectivity index (χ1v) is 7.45. The van der Waals surface area contributed by atoms with E-state index in [0.29, 0.717) is 17.5 Å². The maximum atomic E-state index is 12.8. The maximum absolute atomic E-state index is 12.8. The molecule has 3 rings (SSSR count). The molecule has 2 atom stereocenters. The van der Waals surface area contributed by atoms with Crippen LogP contribution in [-0.2, 0) is 17.6 Å². The van der Waals surface area contributed by atoms with Crippen molar-refractivity contribution in [2.75, 3.05) is 0 Å². The largest absolute Gasteiger partial charge is 0.481 e. The first-order chi connectivity index (χ1) is 11.3. The Bertz CT molecular complexity index is 783. The Kier molecular flexibility index (Phi) is 4.09. The molecule has 126 valence electrons. The van der Waals surface area contributed by atoms with Crippen molar-refractivity contribution in [1.29, 1.82) is 0 Å². The molecule has 0 aromatic heterocycles. The molecule has 1 fully saturated rings. The van der Waals surface area contributed by atoms with Crippen molar-refractivity contribution in [1.82, 2.24) is 0 Å². The lowest BCUT2D eigenvalue weighted by Gasteiger charge is -2.13. The quantitative estimate of drug-likeness (QED) is 0.885. The number of aliphatic hydroxyl groups excluding tert-OH is 1. The first kappa shape index (κ1) is 16.5. The second-order valence-corrected chi connectivity index (χ2v) is 5.94. The van der Waals surface area contributed by atoms with Crippen LogP contribution >= 0.6 is 0 Å². The van der Waals surface area contributed by atoms with Crippen LogP contribution in [0.4, 0.5) is 13.2 Å². The number of halogens is 3. The van der Waals surface area contributed by atoms with Crippen molar-refractivity contribution in [2.24, 2.45) is 5.92 Å². The molecule has 1 aliphatic carbocycles. The Morgan fingerprint density at radius 2 is 1.92 bits per heavy atom. The summed E-state index contributed by atoms with van der Waals surface area (Å²) in [6.45, 7) is -0.509. The molecule has 24 heavy (non-hydrogen) atoms. The van der Waals surface area contributed by atoms with Crippen molar-refractivity contribution in [3.63, 3.8) is 0 Å². The number of hydrogen-bond donors (Lipinski definition) is 2. The molecule has 0 unspecified atom stereocenters. The molecule has 2 N–H and O–H groups in total. The van der Waals surface area contributed by atoms with Crippen molar-refractivity contribution < 1.29 is 28.2 Å². The summed E-state index contributed by atoms with van der Waals surface area (Å²) in [4.78, 5) is 11.0. The van der Waals surface area contributed by atoms with E-state index in [4.69, 9.17) is 5.11 Å². The Hall–Kier alpha value is -2.34. The SMILES string of the molecule is O=C(O)[C@@H]1C[C@H]1c1cccc(-c2ccc(C(F)(F)F)cc2CO)c1. The van der Waals surface area contributed by atoms with Gasteiger partial charge in [0.1, 0.15) is 0 Å². The van der Waals surface area contributed by atoms with Crippen LogP contribution in [0.15, 0.2) is 42.5 Å². The molecule has 2 aromatic carbocycles. The number of aliphatic carboxylic acids is 1. The number of rotatable bonds is 4. The molecule has 0 heterocycles. The summed E-state index contributed by atoms with van der Waals surface area (Å²) in [7, 11) is 0. The van der Waals surface area contributed by atoms with E-state index in [2.05, 4.69) is 0 Å². The fourth-order valence-electron chi connectivity index (χ4n) is 2.96. The molecule has 0 aliphatic heterocycles. The van der Waals surface area contributed by atoms with Crippen molar-refractivity contribution in [3.8, 4) is 11.1 Å². The Balaban J connectivity index is 1.96. The average Bonchev–Trinajstić information content (AvgIpc) is 3.34. The number of hydrogen-bond acceptors (Lipinski definition) is 2. The van der Waals surface area contributed by atoms with E-state index in [-0.39, 0.29) is 11.5 Å². The van der Waals surface area contributed by atoms with E-state index >= 15 is 0 Å². The smallest absolute Gasteiger partial charge is 0.416 e. The van der Waals surface area contributed by atoms with Gasteiger partial charge < -0.3 is 10.2 Å². The number of benzene rings is 2. The highest BCUT2D eigenvalue weighted by Gasteiger charge is 2.44. The van der Waals surface area contributed by atoms with Gasteiger partial charge in [-0.3, -0.25) is 4.79 Å². The number of aliphatic hydroxyl groups is 1. The van der Waals surface area contributed by atoms with Crippen LogP contribution in [0.3, 0.4) is 0 Å². The van der Waals surface area contributed by atoms with Gasteiger partial charge >= 0.3 is 12.1 Å². The summed E-state index contributed by atoms with van der Waals surface area (Å²) >= 11 is 0. The highest BCUT2D eigenvalue weighted by atomic mass is 19.4. The third-order valence-corrected chi connectivity index (χ3v) is 4.34. The molecule has 0 amide bonds. The van der Waals surface area contributed by atoms with Gasteiger partial charge in [-0.05, 0) is 46.7 Å². The van der Waals surface area contributed by atoms with E-state index in [1.807, 2.05) is 6.07 Å². The predicted molar refractivity (Wildman–Crippen MR) is 81.3 cm³/mol. The van der Waals surface area contributed by atoms with Crippen molar-refractivity contribution >= 4 is 5.97 Å². The van der Waals surface area contributed by atoms with Crippen LogP contribution in [0.5, 0.6) is 0 Å². The number of carboxylic acids is 1. The lowest BCUT2D eigenvalue weighted by atomic mass is 9.95. The summed E-state index contributed by atoms with van der Waals surface area (Å²) in [6.07, 6.45) is -3.90. The first-order valence-electron chi connectivity index (χ1n) is 7.45. The molecule has 0 radical (unpaired) electrons. The van der Waals surface area contributed by atoms with Crippen molar-refractivity contribution in [2.45, 2.75) is 25.1 Å². The predicted octanol–water partition coefficient (Wildman–Crippen LogP) is 4.05. The van der Waals surface area contributed by atoms with E-state index in [1.54, 1.807) is 18.2 Å².